The van der Waals surface area contributed by atoms with Crippen LogP contribution in [-0.2, 0) is 24.3 Å². The number of rotatable bonds is 8. The molecule has 1 aliphatic heterocycles. The van der Waals surface area contributed by atoms with Crippen molar-refractivity contribution in [1.29, 1.82) is 0 Å². The summed E-state index contributed by atoms with van der Waals surface area (Å²) in [6.07, 6.45) is 2.69. The molecular formula is C23H27ClN2O6S. The number of hydrogen-bond acceptors (Lipinski definition) is 6. The molecule has 1 N–H and O–H groups in total. The van der Waals surface area contributed by atoms with Gasteiger partial charge in [0.05, 0.1) is 4.90 Å². The standard InChI is InChI=1S/C23H27ClN2O6S/c1-16-6-8-19(33(29,30)26-10-4-3-5-11-26)13-21(16)25-22(27)14-32-23(28)15-31-18-7-9-20(24)17(2)12-18/h6-9,12-13H,3-5,10-11,14-15H2,1-2H3,(H,25,27). The van der Waals surface area contributed by atoms with Gasteiger partial charge >= 0.3 is 5.97 Å². The van der Waals surface area contributed by atoms with E-state index in [-0.39, 0.29) is 11.5 Å². The fourth-order valence-corrected chi connectivity index (χ4v) is 5.04. The molecule has 0 aliphatic carbocycles. The van der Waals surface area contributed by atoms with E-state index in [1.54, 1.807) is 31.2 Å². The number of sulfonamides is 1. The molecule has 0 atom stereocenters. The summed E-state index contributed by atoms with van der Waals surface area (Å²) >= 11 is 5.95. The van der Waals surface area contributed by atoms with Crippen LogP contribution in [0.25, 0.3) is 0 Å². The Morgan fingerprint density at radius 2 is 1.73 bits per heavy atom. The van der Waals surface area contributed by atoms with Gasteiger partial charge in [-0.2, -0.15) is 4.31 Å². The van der Waals surface area contributed by atoms with E-state index in [2.05, 4.69) is 5.32 Å². The average Bonchev–Trinajstić information content (AvgIpc) is 2.80. The van der Waals surface area contributed by atoms with E-state index in [1.807, 2.05) is 6.92 Å². The Morgan fingerprint density at radius 1 is 1.00 bits per heavy atom. The third kappa shape index (κ3) is 6.69. The molecule has 178 valence electrons. The molecule has 0 spiro atoms. The van der Waals surface area contributed by atoms with E-state index in [1.165, 1.54) is 16.4 Å². The summed E-state index contributed by atoms with van der Waals surface area (Å²) in [7, 11) is -3.63. The van der Waals surface area contributed by atoms with Crippen LogP contribution in [0.4, 0.5) is 5.69 Å². The van der Waals surface area contributed by atoms with Crippen LogP contribution in [0.3, 0.4) is 0 Å². The molecule has 0 bridgehead atoms. The lowest BCUT2D eigenvalue weighted by Gasteiger charge is -2.26. The fraction of sp³-hybridized carbons (Fsp3) is 0.391. The van der Waals surface area contributed by atoms with E-state index < -0.39 is 28.5 Å². The normalized spacial score (nSPS) is 14.5. The van der Waals surface area contributed by atoms with Crippen molar-refractivity contribution < 1.29 is 27.5 Å². The molecule has 33 heavy (non-hydrogen) atoms. The quantitative estimate of drug-likeness (QED) is 0.561. The molecule has 2 aromatic carbocycles. The van der Waals surface area contributed by atoms with Crippen molar-refractivity contribution in [3.63, 3.8) is 0 Å². The number of nitrogens with one attached hydrogen (secondary N) is 1. The Morgan fingerprint density at radius 3 is 2.42 bits per heavy atom. The van der Waals surface area contributed by atoms with Gasteiger partial charge < -0.3 is 14.8 Å². The summed E-state index contributed by atoms with van der Waals surface area (Å²) in [5.41, 5.74) is 1.84. The van der Waals surface area contributed by atoms with E-state index in [0.717, 1.165) is 24.8 Å². The minimum absolute atomic E-state index is 0.119. The highest BCUT2D eigenvalue weighted by Crippen LogP contribution is 2.25. The third-order valence-corrected chi connectivity index (χ3v) is 7.60. The van der Waals surface area contributed by atoms with Gasteiger partial charge in [-0.05, 0) is 68.1 Å². The van der Waals surface area contributed by atoms with Gasteiger partial charge in [0.2, 0.25) is 10.0 Å². The predicted molar refractivity (Wildman–Crippen MR) is 125 cm³/mol. The molecule has 1 aliphatic rings. The number of anilines is 1. The van der Waals surface area contributed by atoms with Gasteiger partial charge in [-0.25, -0.2) is 13.2 Å². The fourth-order valence-electron chi connectivity index (χ4n) is 3.37. The number of piperidine rings is 1. The van der Waals surface area contributed by atoms with Gasteiger partial charge in [-0.15, -0.1) is 0 Å². The minimum Gasteiger partial charge on any atom is -0.482 e. The molecule has 1 saturated heterocycles. The van der Waals surface area contributed by atoms with E-state index in [0.29, 0.717) is 35.1 Å². The number of ether oxygens (including phenoxy) is 2. The van der Waals surface area contributed by atoms with Crippen LogP contribution in [0, 0.1) is 13.8 Å². The lowest BCUT2D eigenvalue weighted by atomic mass is 10.2. The molecule has 0 radical (unpaired) electrons. The second kappa shape index (κ2) is 11.0. The van der Waals surface area contributed by atoms with Crippen molar-refractivity contribution in [3.8, 4) is 5.75 Å². The number of halogens is 1. The van der Waals surface area contributed by atoms with Gasteiger partial charge in [0, 0.05) is 23.8 Å². The first kappa shape index (κ1) is 25.0. The Bertz CT molecular complexity index is 1130. The van der Waals surface area contributed by atoms with Crippen molar-refractivity contribution in [2.24, 2.45) is 0 Å². The SMILES string of the molecule is Cc1cc(OCC(=O)OCC(=O)Nc2cc(S(=O)(=O)N3CCCCC3)ccc2C)ccc1Cl. The number of nitrogens with zero attached hydrogens (tertiary/aromatic N) is 1. The molecule has 1 fully saturated rings. The molecule has 0 aromatic heterocycles. The van der Waals surface area contributed by atoms with Crippen LogP contribution in [0.5, 0.6) is 5.75 Å². The number of benzene rings is 2. The van der Waals surface area contributed by atoms with Crippen molar-refractivity contribution >= 4 is 39.2 Å². The third-order valence-electron chi connectivity index (χ3n) is 5.29. The maximum Gasteiger partial charge on any atom is 0.344 e. The lowest BCUT2D eigenvalue weighted by Crippen LogP contribution is -2.35. The van der Waals surface area contributed by atoms with Crippen molar-refractivity contribution in [3.05, 3.63) is 52.5 Å². The zero-order chi connectivity index (χ0) is 24.0. The number of carbonyl (C=O) groups excluding carboxylic acids is 2. The monoisotopic (exact) mass is 494 g/mol. The van der Waals surface area contributed by atoms with Gasteiger partial charge in [-0.3, -0.25) is 4.79 Å². The highest BCUT2D eigenvalue weighted by molar-refractivity contribution is 7.89. The Hall–Kier alpha value is -2.62. The van der Waals surface area contributed by atoms with E-state index in [9.17, 15) is 18.0 Å². The Kier molecular flexibility index (Phi) is 8.34. The Labute approximate surface area is 198 Å². The molecule has 3 rings (SSSR count). The summed E-state index contributed by atoms with van der Waals surface area (Å²) in [6, 6.07) is 9.59. The molecule has 0 saturated carbocycles. The first-order valence-electron chi connectivity index (χ1n) is 10.6. The summed E-state index contributed by atoms with van der Waals surface area (Å²) in [5.74, 6) is -0.835. The van der Waals surface area contributed by atoms with Gasteiger partial charge in [-0.1, -0.05) is 24.1 Å². The molecule has 8 nitrogen and oxygen atoms in total. The van der Waals surface area contributed by atoms with Crippen molar-refractivity contribution in [2.45, 2.75) is 38.0 Å². The maximum absolute atomic E-state index is 12.9. The first-order valence-corrected chi connectivity index (χ1v) is 12.4. The number of aryl methyl sites for hydroxylation is 2. The zero-order valence-corrected chi connectivity index (χ0v) is 20.2. The second-order valence-corrected chi connectivity index (χ2v) is 10.2. The number of esters is 1. The second-order valence-electron chi connectivity index (χ2n) is 7.85. The largest absolute Gasteiger partial charge is 0.482 e. The van der Waals surface area contributed by atoms with Crippen LogP contribution in [0.1, 0.15) is 30.4 Å². The molecule has 2 aromatic rings. The first-order chi connectivity index (χ1) is 15.7. The molecular weight excluding hydrogens is 468 g/mol. The molecule has 1 amide bonds. The average molecular weight is 495 g/mol. The highest BCUT2D eigenvalue weighted by Gasteiger charge is 2.26. The highest BCUT2D eigenvalue weighted by atomic mass is 35.5. The Balaban J connectivity index is 1.54. The van der Waals surface area contributed by atoms with Crippen LogP contribution >= 0.6 is 11.6 Å². The van der Waals surface area contributed by atoms with Crippen LogP contribution < -0.4 is 10.1 Å². The number of carbonyl (C=O) groups is 2. The molecule has 10 heteroatoms. The summed E-state index contributed by atoms with van der Waals surface area (Å²) < 4.78 is 37.6. The number of hydrogen-bond donors (Lipinski definition) is 1. The summed E-state index contributed by atoms with van der Waals surface area (Å²) in [4.78, 5) is 24.3. The smallest absolute Gasteiger partial charge is 0.344 e. The van der Waals surface area contributed by atoms with Crippen LogP contribution in [-0.4, -0.2) is 50.9 Å². The lowest BCUT2D eigenvalue weighted by molar-refractivity contribution is -0.149. The molecule has 0 unspecified atom stereocenters. The van der Waals surface area contributed by atoms with Crippen molar-refractivity contribution in [2.75, 3.05) is 31.6 Å². The predicted octanol–water partition coefficient (Wildman–Crippen LogP) is 3.69. The van der Waals surface area contributed by atoms with Gasteiger partial charge in [0.1, 0.15) is 5.75 Å². The summed E-state index contributed by atoms with van der Waals surface area (Å²) in [5, 5.41) is 3.20. The van der Waals surface area contributed by atoms with E-state index in [4.69, 9.17) is 21.1 Å². The van der Waals surface area contributed by atoms with E-state index >= 15 is 0 Å². The van der Waals surface area contributed by atoms with Crippen LogP contribution in [0.15, 0.2) is 41.3 Å². The summed E-state index contributed by atoms with van der Waals surface area (Å²) in [6.45, 7) is 3.66. The topological polar surface area (TPSA) is 102 Å². The number of amides is 1. The van der Waals surface area contributed by atoms with Gasteiger partial charge in [0.25, 0.3) is 5.91 Å². The maximum atomic E-state index is 12.9. The van der Waals surface area contributed by atoms with Gasteiger partial charge in [0.15, 0.2) is 13.2 Å². The molecule has 1 heterocycles. The van der Waals surface area contributed by atoms with Crippen molar-refractivity contribution in [1.82, 2.24) is 4.31 Å². The minimum atomic E-state index is -3.63. The zero-order valence-electron chi connectivity index (χ0n) is 18.6. The van der Waals surface area contributed by atoms with Crippen LogP contribution in [0.2, 0.25) is 5.02 Å².